The van der Waals surface area contributed by atoms with E-state index in [9.17, 15) is 18.0 Å². The lowest BCUT2D eigenvalue weighted by Gasteiger charge is -2.15. The van der Waals surface area contributed by atoms with Crippen LogP contribution in [0.4, 0.5) is 13.2 Å². The maximum Gasteiger partial charge on any atom is 0.573 e. The molecule has 0 bridgehead atoms. The van der Waals surface area contributed by atoms with Crippen LogP contribution in [-0.2, 0) is 11.3 Å². The molecule has 1 aliphatic rings. The Bertz CT molecular complexity index is 473. The van der Waals surface area contributed by atoms with E-state index in [0.717, 1.165) is 5.56 Å². The second kappa shape index (κ2) is 5.70. The number of rotatable bonds is 4. The molecule has 1 aromatic carbocycles. The predicted octanol–water partition coefficient (Wildman–Crippen LogP) is 2.49. The lowest BCUT2D eigenvalue weighted by atomic mass is 10.1. The van der Waals surface area contributed by atoms with Crippen LogP contribution in [0.15, 0.2) is 24.3 Å². The molecule has 0 radical (unpaired) electrons. The first-order valence-electron chi connectivity index (χ1n) is 6.13. The van der Waals surface area contributed by atoms with Gasteiger partial charge in [0.25, 0.3) is 0 Å². The molecule has 1 aromatic rings. The van der Waals surface area contributed by atoms with Crippen LogP contribution < -0.4 is 4.74 Å². The summed E-state index contributed by atoms with van der Waals surface area (Å²) in [5.41, 5.74) is 0.825. The highest BCUT2D eigenvalue weighted by Crippen LogP contribution is 2.24. The fourth-order valence-corrected chi connectivity index (χ4v) is 2.23. The van der Waals surface area contributed by atoms with Crippen LogP contribution >= 0.6 is 0 Å². The number of alkyl halides is 3. The largest absolute Gasteiger partial charge is 0.573 e. The number of aliphatic carboxylic acids is 1. The van der Waals surface area contributed by atoms with Crippen molar-refractivity contribution in [1.29, 1.82) is 0 Å². The van der Waals surface area contributed by atoms with Gasteiger partial charge in [0.05, 0.1) is 5.92 Å². The number of hydrogen-bond donors (Lipinski definition) is 1. The molecule has 1 saturated heterocycles. The molecule has 110 valence electrons. The normalized spacial score (nSPS) is 20.1. The molecule has 1 aliphatic heterocycles. The Morgan fingerprint density at radius 1 is 1.35 bits per heavy atom. The molecular formula is C13H14F3NO3. The van der Waals surface area contributed by atoms with Gasteiger partial charge in [-0.3, -0.25) is 9.69 Å². The van der Waals surface area contributed by atoms with Crippen molar-refractivity contribution in [1.82, 2.24) is 4.90 Å². The average Bonchev–Trinajstić information content (AvgIpc) is 2.78. The molecule has 2 rings (SSSR count). The third-order valence-corrected chi connectivity index (χ3v) is 3.18. The van der Waals surface area contributed by atoms with Gasteiger partial charge < -0.3 is 9.84 Å². The highest BCUT2D eigenvalue weighted by atomic mass is 19.4. The van der Waals surface area contributed by atoms with Crippen molar-refractivity contribution in [2.45, 2.75) is 19.3 Å². The Labute approximate surface area is 113 Å². The van der Waals surface area contributed by atoms with Crippen molar-refractivity contribution in [3.63, 3.8) is 0 Å². The molecule has 0 spiro atoms. The van der Waals surface area contributed by atoms with Crippen LogP contribution in [0.3, 0.4) is 0 Å². The van der Waals surface area contributed by atoms with Crippen LogP contribution in [0.2, 0.25) is 0 Å². The van der Waals surface area contributed by atoms with Gasteiger partial charge in [-0.05, 0) is 30.7 Å². The van der Waals surface area contributed by atoms with Crippen molar-refractivity contribution in [3.05, 3.63) is 29.8 Å². The summed E-state index contributed by atoms with van der Waals surface area (Å²) in [6.45, 7) is 1.67. The Hall–Kier alpha value is -1.76. The fraction of sp³-hybridized carbons (Fsp3) is 0.462. The van der Waals surface area contributed by atoms with Crippen LogP contribution in [-0.4, -0.2) is 35.4 Å². The smallest absolute Gasteiger partial charge is 0.481 e. The zero-order valence-corrected chi connectivity index (χ0v) is 10.6. The Morgan fingerprint density at radius 3 is 2.50 bits per heavy atom. The summed E-state index contributed by atoms with van der Waals surface area (Å²) in [6.07, 6.45) is -4.09. The van der Waals surface area contributed by atoms with Crippen molar-refractivity contribution in [3.8, 4) is 5.75 Å². The molecule has 20 heavy (non-hydrogen) atoms. The van der Waals surface area contributed by atoms with Gasteiger partial charge in [0, 0.05) is 13.1 Å². The number of benzene rings is 1. The predicted molar refractivity (Wildman–Crippen MR) is 64.1 cm³/mol. The molecule has 7 heteroatoms. The molecule has 1 heterocycles. The number of ether oxygens (including phenoxy) is 1. The van der Waals surface area contributed by atoms with E-state index in [0.29, 0.717) is 26.1 Å². The van der Waals surface area contributed by atoms with E-state index in [2.05, 4.69) is 4.74 Å². The first-order chi connectivity index (χ1) is 9.33. The second-order valence-electron chi connectivity index (χ2n) is 4.75. The van der Waals surface area contributed by atoms with Crippen molar-refractivity contribution in [2.75, 3.05) is 13.1 Å². The molecule has 0 aromatic heterocycles. The number of carbonyl (C=O) groups is 1. The van der Waals surface area contributed by atoms with E-state index in [1.807, 2.05) is 4.90 Å². The van der Waals surface area contributed by atoms with Crippen molar-refractivity contribution >= 4 is 5.97 Å². The maximum atomic E-state index is 12.0. The maximum absolute atomic E-state index is 12.0. The van der Waals surface area contributed by atoms with Crippen LogP contribution in [0, 0.1) is 5.92 Å². The highest BCUT2D eigenvalue weighted by Gasteiger charge is 2.31. The zero-order chi connectivity index (χ0) is 14.8. The highest BCUT2D eigenvalue weighted by molar-refractivity contribution is 5.70. The van der Waals surface area contributed by atoms with Gasteiger partial charge in [0.2, 0.25) is 0 Å². The van der Waals surface area contributed by atoms with E-state index in [4.69, 9.17) is 5.11 Å². The van der Waals surface area contributed by atoms with E-state index in [1.54, 1.807) is 12.1 Å². The summed E-state index contributed by atoms with van der Waals surface area (Å²) in [4.78, 5) is 12.8. The van der Waals surface area contributed by atoms with Gasteiger partial charge in [-0.2, -0.15) is 0 Å². The third-order valence-electron chi connectivity index (χ3n) is 3.18. The molecule has 4 nitrogen and oxygen atoms in total. The van der Waals surface area contributed by atoms with Gasteiger partial charge in [-0.25, -0.2) is 0 Å². The number of halogens is 3. The first kappa shape index (κ1) is 14.6. The van der Waals surface area contributed by atoms with Gasteiger partial charge in [-0.15, -0.1) is 13.2 Å². The summed E-state index contributed by atoms with van der Waals surface area (Å²) in [6, 6.07) is 5.62. The molecule has 1 fully saturated rings. The Kier molecular flexibility index (Phi) is 4.17. The van der Waals surface area contributed by atoms with E-state index < -0.39 is 12.3 Å². The number of carboxylic acid groups (broad SMARTS) is 1. The lowest BCUT2D eigenvalue weighted by molar-refractivity contribution is -0.274. The first-order valence-corrected chi connectivity index (χ1v) is 6.13. The summed E-state index contributed by atoms with van der Waals surface area (Å²) >= 11 is 0. The summed E-state index contributed by atoms with van der Waals surface area (Å²) in [5, 5.41) is 8.89. The fourth-order valence-electron chi connectivity index (χ4n) is 2.23. The topological polar surface area (TPSA) is 49.8 Å². The Morgan fingerprint density at radius 2 is 2.00 bits per heavy atom. The van der Waals surface area contributed by atoms with E-state index >= 15 is 0 Å². The van der Waals surface area contributed by atoms with Gasteiger partial charge in [-0.1, -0.05) is 12.1 Å². The van der Waals surface area contributed by atoms with Gasteiger partial charge in [0.1, 0.15) is 5.75 Å². The molecular weight excluding hydrogens is 275 g/mol. The van der Waals surface area contributed by atoms with E-state index in [1.165, 1.54) is 12.1 Å². The van der Waals surface area contributed by atoms with Crippen LogP contribution in [0.25, 0.3) is 0 Å². The number of nitrogens with zero attached hydrogens (tertiary/aromatic N) is 1. The minimum atomic E-state index is -4.69. The van der Waals surface area contributed by atoms with Crippen molar-refractivity contribution < 1.29 is 27.8 Å². The molecule has 0 amide bonds. The Balaban J connectivity index is 1.90. The SMILES string of the molecule is O=C(O)C1CCN(Cc2ccc(OC(F)(F)F)cc2)C1. The monoisotopic (exact) mass is 289 g/mol. The zero-order valence-electron chi connectivity index (χ0n) is 10.6. The standard InChI is InChI=1S/C13H14F3NO3/c14-13(15,16)20-11-3-1-9(2-4-11)7-17-6-5-10(8-17)12(18)19/h1-4,10H,5-8H2,(H,18,19). The molecule has 1 unspecified atom stereocenters. The minimum absolute atomic E-state index is 0.258. The molecule has 0 aliphatic carbocycles. The van der Waals surface area contributed by atoms with Gasteiger partial charge >= 0.3 is 12.3 Å². The van der Waals surface area contributed by atoms with Crippen molar-refractivity contribution in [2.24, 2.45) is 5.92 Å². The number of hydrogen-bond acceptors (Lipinski definition) is 3. The van der Waals surface area contributed by atoms with Crippen LogP contribution in [0.1, 0.15) is 12.0 Å². The quantitative estimate of drug-likeness (QED) is 0.925. The average molecular weight is 289 g/mol. The lowest BCUT2D eigenvalue weighted by Crippen LogP contribution is -2.22. The molecule has 0 saturated carbocycles. The van der Waals surface area contributed by atoms with Gasteiger partial charge in [0.15, 0.2) is 0 Å². The summed E-state index contributed by atoms with van der Waals surface area (Å²) in [5.74, 6) is -1.42. The molecule has 1 atom stereocenters. The third kappa shape index (κ3) is 4.12. The summed E-state index contributed by atoms with van der Waals surface area (Å²) in [7, 11) is 0. The van der Waals surface area contributed by atoms with E-state index in [-0.39, 0.29) is 11.7 Å². The minimum Gasteiger partial charge on any atom is -0.481 e. The number of carboxylic acids is 1. The molecule has 1 N–H and O–H groups in total. The van der Waals surface area contributed by atoms with Crippen LogP contribution in [0.5, 0.6) is 5.75 Å². The number of likely N-dealkylation sites (tertiary alicyclic amines) is 1. The summed E-state index contributed by atoms with van der Waals surface area (Å²) < 4.78 is 39.8. The second-order valence-corrected chi connectivity index (χ2v) is 4.75.